The van der Waals surface area contributed by atoms with Gasteiger partial charge in [0.25, 0.3) is 0 Å². The summed E-state index contributed by atoms with van der Waals surface area (Å²) in [5.74, 6) is -0.822. The molecule has 0 aromatic carbocycles. The van der Waals surface area contributed by atoms with Crippen molar-refractivity contribution in [2.24, 2.45) is 0 Å². The van der Waals surface area contributed by atoms with Crippen LogP contribution in [0.4, 0.5) is 0 Å². The van der Waals surface area contributed by atoms with Crippen LogP contribution in [0, 0.1) is 0 Å². The Morgan fingerprint density at radius 1 is 1.77 bits per heavy atom. The van der Waals surface area contributed by atoms with Crippen LogP contribution in [0.15, 0.2) is 12.3 Å². The summed E-state index contributed by atoms with van der Waals surface area (Å²) in [5, 5.41) is 8.80. The zero-order chi connectivity index (χ0) is 9.84. The van der Waals surface area contributed by atoms with Crippen molar-refractivity contribution in [3.05, 3.63) is 22.8 Å². The summed E-state index contributed by atoms with van der Waals surface area (Å²) >= 11 is 5.59. The Kier molecular flexibility index (Phi) is 3.08. The molecule has 1 rings (SSSR count). The first-order valence-electron chi connectivity index (χ1n) is 3.66. The zero-order valence-corrected chi connectivity index (χ0v) is 7.71. The van der Waals surface area contributed by atoms with Gasteiger partial charge in [-0.1, -0.05) is 11.6 Å². The van der Waals surface area contributed by atoms with Gasteiger partial charge in [0.2, 0.25) is 5.88 Å². The van der Waals surface area contributed by atoms with E-state index >= 15 is 0 Å². The predicted molar refractivity (Wildman–Crippen MR) is 47.4 cm³/mol. The molecule has 0 spiro atoms. The minimum atomic E-state index is -1.09. The monoisotopic (exact) mass is 201 g/mol. The largest absolute Gasteiger partial charge is 0.478 e. The lowest BCUT2D eigenvalue weighted by Gasteiger charge is -2.03. The van der Waals surface area contributed by atoms with Gasteiger partial charge >= 0.3 is 5.97 Å². The summed E-state index contributed by atoms with van der Waals surface area (Å²) in [6, 6.07) is 1.30. The Bertz CT molecular complexity index is 327. The van der Waals surface area contributed by atoms with Crippen LogP contribution in [0.1, 0.15) is 17.3 Å². The fourth-order valence-corrected chi connectivity index (χ4v) is 0.994. The lowest BCUT2D eigenvalue weighted by atomic mass is 10.3. The Balaban J connectivity index is 3.04. The molecular weight excluding hydrogens is 194 g/mol. The van der Waals surface area contributed by atoms with Crippen LogP contribution in [-0.4, -0.2) is 22.7 Å². The van der Waals surface area contributed by atoms with Crippen molar-refractivity contribution in [2.75, 3.05) is 6.61 Å². The number of ether oxygens (including phenoxy) is 1. The summed E-state index contributed by atoms with van der Waals surface area (Å²) in [6.07, 6.45) is 1.26. The van der Waals surface area contributed by atoms with E-state index in [0.29, 0.717) is 6.61 Å². The van der Waals surface area contributed by atoms with Gasteiger partial charge in [-0.3, -0.25) is 0 Å². The number of carbonyl (C=O) groups is 1. The van der Waals surface area contributed by atoms with E-state index in [-0.39, 0.29) is 16.5 Å². The maximum Gasteiger partial charge on any atom is 0.337 e. The van der Waals surface area contributed by atoms with Crippen molar-refractivity contribution in [2.45, 2.75) is 6.92 Å². The molecule has 5 heteroatoms. The number of pyridine rings is 1. The SMILES string of the molecule is CCOc1cc(C(=O)O)c(Cl)cn1. The van der Waals surface area contributed by atoms with E-state index in [0.717, 1.165) is 0 Å². The third-order valence-corrected chi connectivity index (χ3v) is 1.65. The number of aromatic carboxylic acids is 1. The van der Waals surface area contributed by atoms with Crippen LogP contribution in [0.3, 0.4) is 0 Å². The van der Waals surface area contributed by atoms with E-state index in [1.165, 1.54) is 12.3 Å². The highest BCUT2D eigenvalue weighted by Crippen LogP contribution is 2.18. The highest BCUT2D eigenvalue weighted by atomic mass is 35.5. The molecule has 0 aliphatic rings. The number of halogens is 1. The predicted octanol–water partition coefficient (Wildman–Crippen LogP) is 1.83. The molecule has 0 fully saturated rings. The first kappa shape index (κ1) is 9.80. The third-order valence-electron chi connectivity index (χ3n) is 1.35. The second kappa shape index (κ2) is 4.09. The van der Waals surface area contributed by atoms with Gasteiger partial charge in [0, 0.05) is 6.07 Å². The molecule has 0 saturated carbocycles. The van der Waals surface area contributed by atoms with Gasteiger partial charge in [-0.2, -0.15) is 0 Å². The Morgan fingerprint density at radius 3 is 3.00 bits per heavy atom. The number of hydrogen-bond donors (Lipinski definition) is 1. The summed E-state index contributed by atoms with van der Waals surface area (Å²) < 4.78 is 5.02. The first-order valence-corrected chi connectivity index (χ1v) is 4.04. The van der Waals surface area contributed by atoms with E-state index in [1.807, 2.05) is 0 Å². The first-order chi connectivity index (χ1) is 6.15. The molecule has 1 aromatic rings. The molecule has 0 unspecified atom stereocenters. The fourth-order valence-electron chi connectivity index (χ4n) is 0.810. The van der Waals surface area contributed by atoms with Gasteiger partial charge in [-0.05, 0) is 6.92 Å². The minimum absolute atomic E-state index is 0.000108. The molecule has 70 valence electrons. The van der Waals surface area contributed by atoms with Crippen LogP contribution in [0.2, 0.25) is 5.02 Å². The molecule has 1 aromatic heterocycles. The van der Waals surface area contributed by atoms with Crippen molar-refractivity contribution < 1.29 is 14.6 Å². The summed E-state index contributed by atoms with van der Waals surface area (Å²) in [6.45, 7) is 2.23. The van der Waals surface area contributed by atoms with Crippen molar-refractivity contribution in [1.29, 1.82) is 0 Å². The summed E-state index contributed by atoms with van der Waals surface area (Å²) in [5.41, 5.74) is 0.000108. The lowest BCUT2D eigenvalue weighted by molar-refractivity contribution is 0.0696. The minimum Gasteiger partial charge on any atom is -0.478 e. The van der Waals surface area contributed by atoms with Gasteiger partial charge in [-0.15, -0.1) is 0 Å². The molecule has 0 saturated heterocycles. The topological polar surface area (TPSA) is 59.4 Å². The van der Waals surface area contributed by atoms with E-state index in [2.05, 4.69) is 4.98 Å². The summed E-state index contributed by atoms with van der Waals surface area (Å²) in [4.78, 5) is 14.4. The van der Waals surface area contributed by atoms with E-state index in [9.17, 15) is 4.79 Å². The molecule has 0 bridgehead atoms. The maximum atomic E-state index is 10.6. The van der Waals surface area contributed by atoms with Gasteiger partial charge in [-0.25, -0.2) is 9.78 Å². The number of rotatable bonds is 3. The molecule has 0 aliphatic heterocycles. The van der Waals surface area contributed by atoms with Gasteiger partial charge < -0.3 is 9.84 Å². The quantitative estimate of drug-likeness (QED) is 0.811. The van der Waals surface area contributed by atoms with Crippen molar-refractivity contribution >= 4 is 17.6 Å². The van der Waals surface area contributed by atoms with Crippen LogP contribution in [-0.2, 0) is 0 Å². The van der Waals surface area contributed by atoms with E-state index < -0.39 is 5.97 Å². The molecule has 1 N–H and O–H groups in total. The van der Waals surface area contributed by atoms with E-state index in [4.69, 9.17) is 21.4 Å². The van der Waals surface area contributed by atoms with E-state index in [1.54, 1.807) is 6.92 Å². The normalized spacial score (nSPS) is 9.69. The van der Waals surface area contributed by atoms with Crippen molar-refractivity contribution in [1.82, 2.24) is 4.98 Å². The average Bonchev–Trinajstić information content (AvgIpc) is 2.08. The Hall–Kier alpha value is -1.29. The van der Waals surface area contributed by atoms with Crippen LogP contribution < -0.4 is 4.74 Å². The number of carboxylic acid groups (broad SMARTS) is 1. The number of aromatic nitrogens is 1. The highest BCUT2D eigenvalue weighted by molar-refractivity contribution is 6.33. The van der Waals surface area contributed by atoms with Gasteiger partial charge in [0.1, 0.15) is 0 Å². The van der Waals surface area contributed by atoms with Crippen LogP contribution in [0.25, 0.3) is 0 Å². The standard InChI is InChI=1S/C8H8ClNO3/c1-2-13-7-3-5(8(11)12)6(9)4-10-7/h3-4H,2H2,1H3,(H,11,12). The molecule has 0 radical (unpaired) electrons. The third kappa shape index (κ3) is 2.32. The molecule has 4 nitrogen and oxygen atoms in total. The highest BCUT2D eigenvalue weighted by Gasteiger charge is 2.10. The summed E-state index contributed by atoms with van der Waals surface area (Å²) in [7, 11) is 0. The molecular formula is C8H8ClNO3. The Morgan fingerprint density at radius 2 is 2.46 bits per heavy atom. The Labute approximate surface area is 80.1 Å². The average molecular weight is 202 g/mol. The fraction of sp³-hybridized carbons (Fsp3) is 0.250. The van der Waals surface area contributed by atoms with Gasteiger partial charge in [0.05, 0.1) is 23.4 Å². The van der Waals surface area contributed by atoms with Crippen molar-refractivity contribution in [3.63, 3.8) is 0 Å². The molecule has 0 atom stereocenters. The zero-order valence-electron chi connectivity index (χ0n) is 6.95. The molecule has 0 amide bonds. The molecule has 13 heavy (non-hydrogen) atoms. The van der Waals surface area contributed by atoms with Crippen LogP contribution in [0.5, 0.6) is 5.88 Å². The lowest BCUT2D eigenvalue weighted by Crippen LogP contribution is -2.01. The van der Waals surface area contributed by atoms with Gasteiger partial charge in [0.15, 0.2) is 0 Å². The molecule has 0 aliphatic carbocycles. The smallest absolute Gasteiger partial charge is 0.337 e. The van der Waals surface area contributed by atoms with Crippen LogP contribution >= 0.6 is 11.6 Å². The number of hydrogen-bond acceptors (Lipinski definition) is 3. The number of carboxylic acids is 1. The second-order valence-corrected chi connectivity index (χ2v) is 2.65. The molecule has 1 heterocycles. The second-order valence-electron chi connectivity index (χ2n) is 2.24. The maximum absolute atomic E-state index is 10.6. The van der Waals surface area contributed by atoms with Crippen molar-refractivity contribution in [3.8, 4) is 5.88 Å². The number of nitrogens with zero attached hydrogens (tertiary/aromatic N) is 1.